The Morgan fingerprint density at radius 3 is 2.41 bits per heavy atom. The predicted octanol–water partition coefficient (Wildman–Crippen LogP) is 4.43. The summed E-state index contributed by atoms with van der Waals surface area (Å²) in [7, 11) is -2.13. The Balaban J connectivity index is 2.05. The molecule has 0 aliphatic rings. The quantitative estimate of drug-likeness (QED) is 0.126. The maximum absolute atomic E-state index is 11.9. The summed E-state index contributed by atoms with van der Waals surface area (Å²) in [6, 6.07) is 10.3. The molecule has 0 N–H and O–H groups in total. The molecule has 0 spiro atoms. The molecule has 0 bridgehead atoms. The Bertz CT molecular complexity index is 1130. The zero-order chi connectivity index (χ0) is 27.1. The maximum Gasteiger partial charge on any atom is 0.330 e. The average Bonchev–Trinajstić information content (AvgIpc) is 2.86. The van der Waals surface area contributed by atoms with Crippen molar-refractivity contribution >= 4 is 22.2 Å². The van der Waals surface area contributed by atoms with Crippen molar-refractivity contribution in [1.29, 1.82) is 0 Å². The summed E-state index contributed by atoms with van der Waals surface area (Å²) >= 11 is 0. The van der Waals surface area contributed by atoms with Crippen LogP contribution in [-0.4, -0.2) is 60.8 Å². The van der Waals surface area contributed by atoms with Gasteiger partial charge in [0.15, 0.2) is 11.5 Å². The first-order valence-electron chi connectivity index (χ1n) is 12.1. The fourth-order valence-corrected chi connectivity index (χ4v) is 3.63. The molecule has 2 rings (SSSR count). The summed E-state index contributed by atoms with van der Waals surface area (Å²) < 4.78 is 55.2. The third kappa shape index (κ3) is 11.6. The molecular weight excluding hydrogens is 500 g/mol. The van der Waals surface area contributed by atoms with E-state index in [1.807, 2.05) is 19.1 Å². The number of esters is 1. The lowest BCUT2D eigenvalue weighted by Gasteiger charge is -2.15. The van der Waals surface area contributed by atoms with Crippen LogP contribution in [0, 0.1) is 0 Å². The first kappa shape index (κ1) is 30.0. The minimum atomic E-state index is -3.63. The van der Waals surface area contributed by atoms with E-state index in [2.05, 4.69) is 6.92 Å². The molecule has 0 heterocycles. The van der Waals surface area contributed by atoms with E-state index >= 15 is 0 Å². The number of carbonyl (C=O) groups is 1. The molecule has 0 saturated carbocycles. The molecule has 0 aliphatic heterocycles. The molecule has 0 radical (unpaired) electrons. The Labute approximate surface area is 219 Å². The Hall–Kier alpha value is -3.24. The van der Waals surface area contributed by atoms with Gasteiger partial charge in [-0.15, -0.1) is 0 Å². The summed E-state index contributed by atoms with van der Waals surface area (Å²) in [6.07, 6.45) is 6.39. The standard InChI is InChI=1S/C27H36O9S/c1-5-7-15-33-26-19-21(9-13-27(28)35-18-17-32-6-2)8-12-24(26)34-16-14-22-10-11-23(20-25(22)31-3)36-37(4,29)30/h8-13,19-20H,5-7,14-18H2,1-4H3. The number of ether oxygens (including phenoxy) is 5. The van der Waals surface area contributed by atoms with Gasteiger partial charge in [-0.3, -0.25) is 0 Å². The van der Waals surface area contributed by atoms with Crippen molar-refractivity contribution in [2.24, 2.45) is 0 Å². The van der Waals surface area contributed by atoms with E-state index in [4.69, 9.17) is 27.9 Å². The SMILES string of the molecule is CCCCOc1cc(C=CC(=O)OCCOCC)ccc1OCCc1ccc(OS(C)(=O)=O)cc1OC. The largest absolute Gasteiger partial charge is 0.496 e. The van der Waals surface area contributed by atoms with Gasteiger partial charge in [-0.25, -0.2) is 4.79 Å². The van der Waals surface area contributed by atoms with E-state index in [0.29, 0.717) is 50.1 Å². The van der Waals surface area contributed by atoms with Crippen LogP contribution in [0.2, 0.25) is 0 Å². The highest BCUT2D eigenvalue weighted by molar-refractivity contribution is 7.86. The predicted molar refractivity (Wildman–Crippen MR) is 141 cm³/mol. The summed E-state index contributed by atoms with van der Waals surface area (Å²) in [4.78, 5) is 11.9. The van der Waals surface area contributed by atoms with Gasteiger partial charge in [0, 0.05) is 25.2 Å². The van der Waals surface area contributed by atoms with Crippen molar-refractivity contribution in [3.8, 4) is 23.0 Å². The van der Waals surface area contributed by atoms with E-state index < -0.39 is 16.1 Å². The van der Waals surface area contributed by atoms with Crippen molar-refractivity contribution in [3.63, 3.8) is 0 Å². The van der Waals surface area contributed by atoms with Gasteiger partial charge < -0.3 is 27.9 Å². The molecule has 0 amide bonds. The first-order valence-corrected chi connectivity index (χ1v) is 14.0. The molecule has 0 atom stereocenters. The van der Waals surface area contributed by atoms with Gasteiger partial charge in [-0.05, 0) is 48.7 Å². The van der Waals surface area contributed by atoms with E-state index in [0.717, 1.165) is 30.2 Å². The number of benzene rings is 2. The Morgan fingerprint density at radius 2 is 1.70 bits per heavy atom. The fourth-order valence-electron chi connectivity index (χ4n) is 3.17. The van der Waals surface area contributed by atoms with Crippen LogP contribution in [0.4, 0.5) is 0 Å². The van der Waals surface area contributed by atoms with E-state index in [9.17, 15) is 13.2 Å². The average molecular weight is 537 g/mol. The van der Waals surface area contributed by atoms with Gasteiger partial charge in [0.1, 0.15) is 18.1 Å². The van der Waals surface area contributed by atoms with Crippen LogP contribution >= 0.6 is 0 Å². The summed E-state index contributed by atoms with van der Waals surface area (Å²) in [6.45, 7) is 5.96. The Morgan fingerprint density at radius 1 is 0.919 bits per heavy atom. The minimum absolute atomic E-state index is 0.178. The highest BCUT2D eigenvalue weighted by atomic mass is 32.2. The summed E-state index contributed by atoms with van der Waals surface area (Å²) in [5, 5.41) is 0. The van der Waals surface area contributed by atoms with Gasteiger partial charge in [0.2, 0.25) is 0 Å². The molecule has 0 aromatic heterocycles. The maximum atomic E-state index is 11.9. The molecule has 9 nitrogen and oxygen atoms in total. The Kier molecular flexibility index (Phi) is 12.8. The van der Waals surface area contributed by atoms with Crippen LogP contribution < -0.4 is 18.4 Å². The molecule has 0 saturated heterocycles. The topological polar surface area (TPSA) is 107 Å². The highest BCUT2D eigenvalue weighted by Crippen LogP contribution is 2.30. The second kappa shape index (κ2) is 15.8. The smallest absolute Gasteiger partial charge is 0.330 e. The third-order valence-corrected chi connectivity index (χ3v) is 5.44. The second-order valence-electron chi connectivity index (χ2n) is 7.97. The van der Waals surface area contributed by atoms with E-state index in [-0.39, 0.29) is 12.4 Å². The minimum Gasteiger partial charge on any atom is -0.496 e. The lowest BCUT2D eigenvalue weighted by Crippen LogP contribution is -2.08. The van der Waals surface area contributed by atoms with Crippen LogP contribution in [0.15, 0.2) is 42.5 Å². The third-order valence-electron chi connectivity index (χ3n) is 4.95. The first-order chi connectivity index (χ1) is 17.8. The van der Waals surface area contributed by atoms with Gasteiger partial charge in [-0.1, -0.05) is 25.5 Å². The van der Waals surface area contributed by atoms with Crippen molar-refractivity contribution < 1.29 is 41.1 Å². The van der Waals surface area contributed by atoms with Crippen LogP contribution in [-0.2, 0) is 30.8 Å². The van der Waals surface area contributed by atoms with Crippen molar-refractivity contribution in [2.75, 3.05) is 46.4 Å². The van der Waals surface area contributed by atoms with Crippen LogP contribution in [0.5, 0.6) is 23.0 Å². The molecule has 2 aromatic carbocycles. The van der Waals surface area contributed by atoms with Crippen LogP contribution in [0.25, 0.3) is 6.08 Å². The molecule has 0 aliphatic carbocycles. The summed E-state index contributed by atoms with van der Waals surface area (Å²) in [5.41, 5.74) is 1.60. The summed E-state index contributed by atoms with van der Waals surface area (Å²) in [5.74, 6) is 1.37. The van der Waals surface area contributed by atoms with Gasteiger partial charge >= 0.3 is 16.1 Å². The number of rotatable bonds is 17. The molecule has 2 aromatic rings. The normalized spacial score (nSPS) is 11.4. The lowest BCUT2D eigenvalue weighted by atomic mass is 10.1. The van der Waals surface area contributed by atoms with Crippen LogP contribution in [0.1, 0.15) is 37.8 Å². The van der Waals surface area contributed by atoms with Gasteiger partial charge in [0.05, 0.1) is 33.2 Å². The lowest BCUT2D eigenvalue weighted by molar-refractivity contribution is -0.139. The molecule has 0 fully saturated rings. The monoisotopic (exact) mass is 536 g/mol. The number of unbranched alkanes of at least 4 members (excludes halogenated alkanes) is 1. The van der Waals surface area contributed by atoms with E-state index in [1.54, 1.807) is 24.3 Å². The van der Waals surface area contributed by atoms with Crippen molar-refractivity contribution in [2.45, 2.75) is 33.1 Å². The molecule has 10 heteroatoms. The van der Waals surface area contributed by atoms with Gasteiger partial charge in [-0.2, -0.15) is 8.42 Å². The van der Waals surface area contributed by atoms with Crippen LogP contribution in [0.3, 0.4) is 0 Å². The van der Waals surface area contributed by atoms with E-state index in [1.165, 1.54) is 19.3 Å². The molecular formula is C27H36O9S. The van der Waals surface area contributed by atoms with Gasteiger partial charge in [0.25, 0.3) is 0 Å². The number of hydrogen-bond donors (Lipinski definition) is 0. The highest BCUT2D eigenvalue weighted by Gasteiger charge is 2.11. The molecule has 204 valence electrons. The van der Waals surface area contributed by atoms with Crippen molar-refractivity contribution in [1.82, 2.24) is 0 Å². The number of hydrogen-bond acceptors (Lipinski definition) is 9. The molecule has 37 heavy (non-hydrogen) atoms. The second-order valence-corrected chi connectivity index (χ2v) is 9.54. The number of carbonyl (C=O) groups excluding carboxylic acids is 1. The fraction of sp³-hybridized carbons (Fsp3) is 0.444. The number of methoxy groups -OCH3 is 1. The zero-order valence-electron chi connectivity index (χ0n) is 21.9. The molecule has 0 unspecified atom stereocenters. The zero-order valence-corrected chi connectivity index (χ0v) is 22.7. The van der Waals surface area contributed by atoms with Crippen molar-refractivity contribution in [3.05, 3.63) is 53.6 Å².